The Morgan fingerprint density at radius 1 is 1.03 bits per heavy atom. The standard InChI is InChI=1S/C23H23ClN6O2S/c1-13-5-4-6-17(20(13)24)28-23(33)30-21(29-22-26-14(2)9-15(3)27-22)25-11-16-7-8-18-19(10-16)32-12-31-18/h4-10H,11-12H2,1-3H3,(H3,25,26,27,28,29,30,33). The monoisotopic (exact) mass is 482 g/mol. The first-order chi connectivity index (χ1) is 15.9. The third kappa shape index (κ3) is 5.88. The fourth-order valence-electron chi connectivity index (χ4n) is 3.21. The quantitative estimate of drug-likeness (QED) is 0.279. The molecule has 2 heterocycles. The molecule has 0 amide bonds. The minimum atomic E-state index is 0.224. The number of aromatic nitrogens is 2. The van der Waals surface area contributed by atoms with Crippen LogP contribution in [0.25, 0.3) is 0 Å². The zero-order valence-electron chi connectivity index (χ0n) is 18.4. The molecule has 1 aliphatic heterocycles. The van der Waals surface area contributed by atoms with Crippen LogP contribution in [0.4, 0.5) is 11.6 Å². The van der Waals surface area contributed by atoms with E-state index in [1.807, 2.05) is 63.2 Å². The second-order valence-corrected chi connectivity index (χ2v) is 8.25. The Morgan fingerprint density at radius 3 is 2.58 bits per heavy atom. The molecule has 0 aliphatic carbocycles. The molecule has 8 nitrogen and oxygen atoms in total. The van der Waals surface area contributed by atoms with Gasteiger partial charge in [0, 0.05) is 11.4 Å². The normalized spacial score (nSPS) is 12.4. The summed E-state index contributed by atoms with van der Waals surface area (Å²) in [5.41, 5.74) is 4.27. The molecule has 1 aliphatic rings. The molecule has 0 atom stereocenters. The van der Waals surface area contributed by atoms with Crippen molar-refractivity contribution in [3.8, 4) is 11.5 Å². The molecule has 0 spiro atoms. The number of rotatable bonds is 4. The van der Waals surface area contributed by atoms with Gasteiger partial charge in [0.25, 0.3) is 0 Å². The van der Waals surface area contributed by atoms with E-state index in [0.29, 0.717) is 40.0 Å². The topological polar surface area (TPSA) is 92.7 Å². The number of anilines is 2. The number of aliphatic imine (C=N–C) groups is 1. The van der Waals surface area contributed by atoms with Gasteiger partial charge in [0.05, 0.1) is 17.3 Å². The summed E-state index contributed by atoms with van der Waals surface area (Å²) in [6, 6.07) is 13.3. The van der Waals surface area contributed by atoms with Gasteiger partial charge in [0.15, 0.2) is 16.6 Å². The third-order valence-electron chi connectivity index (χ3n) is 4.74. The Kier molecular flexibility index (Phi) is 6.90. The van der Waals surface area contributed by atoms with Crippen LogP contribution in [-0.4, -0.2) is 27.8 Å². The van der Waals surface area contributed by atoms with Crippen molar-refractivity contribution in [2.75, 3.05) is 17.4 Å². The lowest BCUT2D eigenvalue weighted by Gasteiger charge is -2.15. The van der Waals surface area contributed by atoms with Gasteiger partial charge < -0.3 is 20.1 Å². The van der Waals surface area contributed by atoms with Crippen LogP contribution in [0.2, 0.25) is 5.02 Å². The Hall–Kier alpha value is -3.43. The average Bonchev–Trinajstić information content (AvgIpc) is 3.22. The fourth-order valence-corrected chi connectivity index (χ4v) is 3.59. The molecular formula is C23H23ClN6O2S. The number of hydrogen-bond donors (Lipinski definition) is 3. The molecule has 4 rings (SSSR count). The van der Waals surface area contributed by atoms with Gasteiger partial charge in [-0.25, -0.2) is 15.0 Å². The van der Waals surface area contributed by atoms with Crippen molar-refractivity contribution in [1.29, 1.82) is 0 Å². The van der Waals surface area contributed by atoms with Gasteiger partial charge in [0.2, 0.25) is 18.7 Å². The second-order valence-electron chi connectivity index (χ2n) is 7.47. The van der Waals surface area contributed by atoms with E-state index in [0.717, 1.165) is 28.3 Å². The first-order valence-corrected chi connectivity index (χ1v) is 11.0. The first-order valence-electron chi connectivity index (χ1n) is 10.2. The summed E-state index contributed by atoms with van der Waals surface area (Å²) in [4.78, 5) is 13.5. The van der Waals surface area contributed by atoms with Gasteiger partial charge >= 0.3 is 0 Å². The zero-order chi connectivity index (χ0) is 23.4. The number of guanidine groups is 1. The van der Waals surface area contributed by atoms with Crippen LogP contribution in [0.5, 0.6) is 11.5 Å². The summed E-state index contributed by atoms with van der Waals surface area (Å²) in [5.74, 6) is 2.23. The second kappa shape index (κ2) is 10.0. The fraction of sp³-hybridized carbons (Fsp3) is 0.217. The zero-order valence-corrected chi connectivity index (χ0v) is 20.0. The molecule has 1 aromatic heterocycles. The molecule has 10 heteroatoms. The van der Waals surface area contributed by atoms with Crippen LogP contribution in [0.15, 0.2) is 47.5 Å². The lowest BCUT2D eigenvalue weighted by molar-refractivity contribution is 0.174. The number of aryl methyl sites for hydroxylation is 3. The molecule has 0 bridgehead atoms. The van der Waals surface area contributed by atoms with Crippen LogP contribution in [0.3, 0.4) is 0 Å². The first kappa shape index (κ1) is 22.8. The number of halogens is 1. The van der Waals surface area contributed by atoms with Crippen molar-refractivity contribution in [3.63, 3.8) is 0 Å². The van der Waals surface area contributed by atoms with Crippen LogP contribution in [-0.2, 0) is 6.54 Å². The predicted octanol–water partition coefficient (Wildman–Crippen LogP) is 4.74. The third-order valence-corrected chi connectivity index (χ3v) is 5.45. The number of hydrogen-bond acceptors (Lipinski definition) is 6. The summed E-state index contributed by atoms with van der Waals surface area (Å²) >= 11 is 11.9. The molecule has 0 saturated heterocycles. The summed E-state index contributed by atoms with van der Waals surface area (Å²) in [5, 5.41) is 10.3. The molecule has 0 unspecified atom stereocenters. The lowest BCUT2D eigenvalue weighted by atomic mass is 10.2. The summed E-state index contributed by atoms with van der Waals surface area (Å²) in [6.07, 6.45) is 0. The average molecular weight is 483 g/mol. The summed E-state index contributed by atoms with van der Waals surface area (Å²) in [6.45, 7) is 6.33. The van der Waals surface area contributed by atoms with E-state index in [1.54, 1.807) is 0 Å². The van der Waals surface area contributed by atoms with E-state index in [4.69, 9.17) is 33.3 Å². The lowest BCUT2D eigenvalue weighted by Crippen LogP contribution is -2.39. The van der Waals surface area contributed by atoms with Gasteiger partial charge in [-0.15, -0.1) is 0 Å². The van der Waals surface area contributed by atoms with Gasteiger partial charge in [-0.2, -0.15) is 0 Å². The van der Waals surface area contributed by atoms with Crippen LogP contribution >= 0.6 is 23.8 Å². The number of benzene rings is 2. The highest BCUT2D eigenvalue weighted by Gasteiger charge is 2.14. The SMILES string of the molecule is Cc1cc(C)nc(NC(=NCc2ccc3c(c2)OCO3)NC(=S)Nc2cccc(C)c2Cl)n1. The maximum Gasteiger partial charge on any atom is 0.231 e. The Bertz CT molecular complexity index is 1210. The van der Waals surface area contributed by atoms with Gasteiger partial charge in [-0.05, 0) is 68.4 Å². The Balaban J connectivity index is 1.54. The highest BCUT2D eigenvalue weighted by Crippen LogP contribution is 2.32. The molecule has 2 aromatic carbocycles. The maximum absolute atomic E-state index is 6.39. The minimum absolute atomic E-state index is 0.224. The summed E-state index contributed by atoms with van der Waals surface area (Å²) < 4.78 is 10.8. The highest BCUT2D eigenvalue weighted by atomic mass is 35.5. The van der Waals surface area contributed by atoms with Crippen LogP contribution in [0.1, 0.15) is 22.5 Å². The van der Waals surface area contributed by atoms with Crippen molar-refractivity contribution in [1.82, 2.24) is 15.3 Å². The van der Waals surface area contributed by atoms with Gasteiger partial charge in [-0.1, -0.05) is 29.8 Å². The Labute approximate surface area is 202 Å². The van der Waals surface area contributed by atoms with Crippen LogP contribution in [0, 0.1) is 20.8 Å². The number of thiocarbonyl (C=S) groups is 1. The highest BCUT2D eigenvalue weighted by molar-refractivity contribution is 7.80. The molecule has 3 N–H and O–H groups in total. The van der Waals surface area contributed by atoms with Crippen molar-refractivity contribution < 1.29 is 9.47 Å². The van der Waals surface area contributed by atoms with Gasteiger partial charge in [0.1, 0.15) is 0 Å². The molecule has 0 fully saturated rings. The van der Waals surface area contributed by atoms with E-state index in [1.165, 1.54) is 0 Å². The maximum atomic E-state index is 6.39. The minimum Gasteiger partial charge on any atom is -0.454 e. The number of nitrogens with one attached hydrogen (secondary N) is 3. The molecule has 0 radical (unpaired) electrons. The smallest absolute Gasteiger partial charge is 0.231 e. The van der Waals surface area contributed by atoms with Gasteiger partial charge in [-0.3, -0.25) is 5.32 Å². The number of ether oxygens (including phenoxy) is 2. The van der Waals surface area contributed by atoms with Crippen LogP contribution < -0.4 is 25.4 Å². The van der Waals surface area contributed by atoms with Crippen molar-refractivity contribution in [2.45, 2.75) is 27.3 Å². The predicted molar refractivity (Wildman–Crippen MR) is 134 cm³/mol. The molecule has 0 saturated carbocycles. The largest absolute Gasteiger partial charge is 0.454 e. The molecule has 33 heavy (non-hydrogen) atoms. The van der Waals surface area contributed by atoms with E-state index in [9.17, 15) is 0 Å². The number of fused-ring (bicyclic) bond motifs is 1. The van der Waals surface area contributed by atoms with Crippen molar-refractivity contribution >= 4 is 46.5 Å². The van der Waals surface area contributed by atoms with E-state index < -0.39 is 0 Å². The van der Waals surface area contributed by atoms with E-state index >= 15 is 0 Å². The Morgan fingerprint density at radius 2 is 1.79 bits per heavy atom. The van der Waals surface area contributed by atoms with E-state index in [-0.39, 0.29) is 6.79 Å². The van der Waals surface area contributed by atoms with E-state index in [2.05, 4.69) is 30.9 Å². The summed E-state index contributed by atoms with van der Waals surface area (Å²) in [7, 11) is 0. The number of nitrogens with zero attached hydrogens (tertiary/aromatic N) is 3. The molecular weight excluding hydrogens is 460 g/mol. The molecule has 170 valence electrons. The van der Waals surface area contributed by atoms with Crippen molar-refractivity contribution in [3.05, 3.63) is 70.0 Å². The van der Waals surface area contributed by atoms with Crippen molar-refractivity contribution in [2.24, 2.45) is 4.99 Å². The molecule has 3 aromatic rings.